The zero-order valence-electron chi connectivity index (χ0n) is 10.5. The Kier molecular flexibility index (Phi) is 4.30. The van der Waals surface area contributed by atoms with Gasteiger partial charge in [-0.1, -0.05) is 11.8 Å². The number of aromatic amines is 1. The second-order valence-corrected chi connectivity index (χ2v) is 6.69. The average molecular weight is 292 g/mol. The van der Waals surface area contributed by atoms with E-state index in [9.17, 15) is 0 Å². The van der Waals surface area contributed by atoms with E-state index in [-0.39, 0.29) is 0 Å². The van der Waals surface area contributed by atoms with Crippen LogP contribution in [0.15, 0.2) is 40.6 Å². The third-order valence-electron chi connectivity index (χ3n) is 2.99. The molecule has 6 heteroatoms. The van der Waals surface area contributed by atoms with E-state index in [1.165, 1.54) is 41.3 Å². The van der Waals surface area contributed by atoms with E-state index in [0.29, 0.717) is 6.04 Å². The molecule has 19 heavy (non-hydrogen) atoms. The minimum absolute atomic E-state index is 0.617. The van der Waals surface area contributed by atoms with Crippen molar-refractivity contribution in [2.24, 2.45) is 0 Å². The Morgan fingerprint density at radius 3 is 2.89 bits per heavy atom. The fraction of sp³-hybridized carbons (Fsp3) is 0.385. The summed E-state index contributed by atoms with van der Waals surface area (Å²) in [5, 5.41) is 11.1. The summed E-state index contributed by atoms with van der Waals surface area (Å²) in [6.45, 7) is 0. The summed E-state index contributed by atoms with van der Waals surface area (Å²) in [5.41, 5.74) is 1.20. The molecule has 2 heterocycles. The van der Waals surface area contributed by atoms with Gasteiger partial charge in [0, 0.05) is 22.4 Å². The number of rotatable bonds is 4. The molecule has 1 atom stereocenters. The number of aromatic nitrogens is 3. The molecule has 1 saturated heterocycles. The summed E-state index contributed by atoms with van der Waals surface area (Å²) in [7, 11) is 0. The van der Waals surface area contributed by atoms with Crippen LogP contribution >= 0.6 is 23.5 Å². The number of benzene rings is 1. The van der Waals surface area contributed by atoms with E-state index in [1.54, 1.807) is 11.8 Å². The van der Waals surface area contributed by atoms with Crippen LogP contribution in [-0.4, -0.2) is 32.7 Å². The van der Waals surface area contributed by atoms with Crippen molar-refractivity contribution in [3.63, 3.8) is 0 Å². The molecule has 0 amide bonds. The maximum atomic E-state index is 4.11. The third kappa shape index (κ3) is 3.67. The Labute approximate surface area is 121 Å². The topological polar surface area (TPSA) is 53.6 Å². The monoisotopic (exact) mass is 292 g/mol. The van der Waals surface area contributed by atoms with Crippen LogP contribution in [0, 0.1) is 0 Å². The maximum absolute atomic E-state index is 4.11. The highest BCUT2D eigenvalue weighted by Crippen LogP contribution is 2.26. The molecular formula is C13H16N4S2. The van der Waals surface area contributed by atoms with Crippen molar-refractivity contribution in [3.05, 3.63) is 30.6 Å². The highest BCUT2D eigenvalue weighted by Gasteiger charge is 2.13. The van der Waals surface area contributed by atoms with Crippen LogP contribution in [-0.2, 0) is 0 Å². The molecule has 0 aliphatic carbocycles. The van der Waals surface area contributed by atoms with Gasteiger partial charge in [0.15, 0.2) is 5.16 Å². The number of nitrogens with zero attached hydrogens (tertiary/aromatic N) is 2. The fourth-order valence-electron chi connectivity index (χ4n) is 2.06. The van der Waals surface area contributed by atoms with E-state index in [4.69, 9.17) is 0 Å². The molecule has 0 spiro atoms. The normalized spacial score (nSPS) is 19.3. The summed E-state index contributed by atoms with van der Waals surface area (Å²) in [5.74, 6) is 2.53. The van der Waals surface area contributed by atoms with Gasteiger partial charge in [-0.25, -0.2) is 4.98 Å². The first-order valence-electron chi connectivity index (χ1n) is 6.38. The van der Waals surface area contributed by atoms with Crippen molar-refractivity contribution in [1.29, 1.82) is 0 Å². The Bertz CT molecular complexity index is 492. The first-order chi connectivity index (χ1) is 9.40. The molecule has 2 aromatic rings. The first-order valence-corrected chi connectivity index (χ1v) is 8.35. The Morgan fingerprint density at radius 1 is 1.32 bits per heavy atom. The summed E-state index contributed by atoms with van der Waals surface area (Å²) < 4.78 is 0. The number of anilines is 1. The van der Waals surface area contributed by atoms with Gasteiger partial charge >= 0.3 is 0 Å². The predicted molar refractivity (Wildman–Crippen MR) is 80.9 cm³/mol. The van der Waals surface area contributed by atoms with Crippen LogP contribution in [0.25, 0.3) is 0 Å². The summed E-state index contributed by atoms with van der Waals surface area (Å²) >= 11 is 3.63. The molecule has 1 fully saturated rings. The number of thioether (sulfide) groups is 1. The zero-order valence-corrected chi connectivity index (χ0v) is 12.1. The van der Waals surface area contributed by atoms with Crippen LogP contribution in [0.1, 0.15) is 12.8 Å². The number of nitrogens with one attached hydrogen (secondary N) is 2. The van der Waals surface area contributed by atoms with E-state index in [1.807, 2.05) is 11.8 Å². The lowest BCUT2D eigenvalue weighted by Crippen LogP contribution is -2.25. The van der Waals surface area contributed by atoms with Gasteiger partial charge in [0.1, 0.15) is 6.33 Å². The summed E-state index contributed by atoms with van der Waals surface area (Å²) in [6, 6.07) is 9.12. The van der Waals surface area contributed by atoms with Crippen LogP contribution in [0.2, 0.25) is 0 Å². The second kappa shape index (κ2) is 6.34. The van der Waals surface area contributed by atoms with Gasteiger partial charge in [-0.3, -0.25) is 5.10 Å². The van der Waals surface area contributed by atoms with E-state index in [2.05, 4.69) is 44.8 Å². The lowest BCUT2D eigenvalue weighted by atomic mass is 10.2. The lowest BCUT2D eigenvalue weighted by Gasteiger charge is -2.23. The van der Waals surface area contributed by atoms with Crippen LogP contribution in [0.4, 0.5) is 5.69 Å². The molecule has 100 valence electrons. The van der Waals surface area contributed by atoms with Gasteiger partial charge in [0.25, 0.3) is 0 Å². The van der Waals surface area contributed by atoms with Crippen molar-refractivity contribution in [3.8, 4) is 0 Å². The fourth-order valence-corrected chi connectivity index (χ4v) is 3.83. The van der Waals surface area contributed by atoms with Gasteiger partial charge in [-0.05, 0) is 42.9 Å². The van der Waals surface area contributed by atoms with Crippen molar-refractivity contribution in [2.75, 3.05) is 16.8 Å². The average Bonchev–Trinajstić information content (AvgIpc) is 2.95. The van der Waals surface area contributed by atoms with Crippen LogP contribution in [0.3, 0.4) is 0 Å². The molecule has 0 bridgehead atoms. The number of hydrogen-bond acceptors (Lipinski definition) is 5. The molecule has 1 aromatic heterocycles. The SMILES string of the molecule is c1n[nH]c(Sc2ccc(NC3CCCSC3)cc2)n1. The zero-order chi connectivity index (χ0) is 12.9. The minimum atomic E-state index is 0.617. The smallest absolute Gasteiger partial charge is 0.188 e. The van der Waals surface area contributed by atoms with Crippen LogP contribution in [0.5, 0.6) is 0 Å². The Morgan fingerprint density at radius 2 is 2.21 bits per heavy atom. The standard InChI is InChI=1S/C13H16N4S2/c1-2-11(8-18-7-1)16-10-3-5-12(6-4-10)19-13-14-9-15-17-13/h3-6,9,11,16H,1-2,7-8H2,(H,14,15,17). The van der Waals surface area contributed by atoms with Crippen molar-refractivity contribution < 1.29 is 0 Å². The summed E-state index contributed by atoms with van der Waals surface area (Å²) in [6.07, 6.45) is 4.13. The van der Waals surface area contributed by atoms with E-state index >= 15 is 0 Å². The van der Waals surface area contributed by atoms with Gasteiger partial charge in [-0.2, -0.15) is 16.9 Å². The van der Waals surface area contributed by atoms with Crippen molar-refractivity contribution in [1.82, 2.24) is 15.2 Å². The van der Waals surface area contributed by atoms with Gasteiger partial charge in [0.2, 0.25) is 0 Å². The molecule has 1 aliphatic rings. The molecule has 0 saturated carbocycles. The number of hydrogen-bond donors (Lipinski definition) is 2. The Hall–Kier alpha value is -1.14. The van der Waals surface area contributed by atoms with Gasteiger partial charge < -0.3 is 5.32 Å². The third-order valence-corrected chi connectivity index (χ3v) is 5.11. The highest BCUT2D eigenvalue weighted by molar-refractivity contribution is 7.99. The molecule has 3 rings (SSSR count). The minimum Gasteiger partial charge on any atom is -0.381 e. The Balaban J connectivity index is 1.58. The molecule has 4 nitrogen and oxygen atoms in total. The van der Waals surface area contributed by atoms with Gasteiger partial charge in [-0.15, -0.1) is 0 Å². The van der Waals surface area contributed by atoms with Crippen molar-refractivity contribution in [2.45, 2.75) is 28.9 Å². The largest absolute Gasteiger partial charge is 0.381 e. The molecule has 1 unspecified atom stereocenters. The molecule has 2 N–H and O–H groups in total. The highest BCUT2D eigenvalue weighted by atomic mass is 32.2. The molecule has 0 radical (unpaired) electrons. The predicted octanol–water partition coefficient (Wildman–Crippen LogP) is 3.26. The maximum Gasteiger partial charge on any atom is 0.188 e. The summed E-state index contributed by atoms with van der Waals surface area (Å²) in [4.78, 5) is 5.27. The molecule has 1 aromatic carbocycles. The number of H-pyrrole nitrogens is 1. The van der Waals surface area contributed by atoms with E-state index in [0.717, 1.165) is 5.16 Å². The molecular weight excluding hydrogens is 276 g/mol. The quantitative estimate of drug-likeness (QED) is 0.906. The lowest BCUT2D eigenvalue weighted by molar-refractivity contribution is 0.685. The first kappa shape index (κ1) is 12.9. The van der Waals surface area contributed by atoms with Crippen molar-refractivity contribution >= 4 is 29.2 Å². The molecule has 1 aliphatic heterocycles. The van der Waals surface area contributed by atoms with E-state index < -0.39 is 0 Å². The van der Waals surface area contributed by atoms with Gasteiger partial charge in [0.05, 0.1) is 0 Å². The second-order valence-electron chi connectivity index (χ2n) is 4.48. The van der Waals surface area contributed by atoms with Crippen LogP contribution < -0.4 is 5.32 Å².